The Hall–Kier alpha value is -2.27. The number of halogens is 4. The van der Waals surface area contributed by atoms with Gasteiger partial charge >= 0.3 is 0 Å². The Balaban J connectivity index is 2.49. The van der Waals surface area contributed by atoms with Crippen molar-refractivity contribution in [2.75, 3.05) is 13.2 Å². The van der Waals surface area contributed by atoms with Crippen LogP contribution in [0, 0.1) is 35.6 Å². The van der Waals surface area contributed by atoms with E-state index in [4.69, 9.17) is 15.9 Å². The van der Waals surface area contributed by atoms with Crippen LogP contribution in [-0.4, -0.2) is 30.3 Å². The quantitative estimate of drug-likeness (QED) is 0.222. The second-order valence-corrected chi connectivity index (χ2v) is 8.17. The van der Waals surface area contributed by atoms with Gasteiger partial charge in [-0.1, -0.05) is 0 Å². The van der Waals surface area contributed by atoms with Crippen LogP contribution in [0.2, 0.25) is 0 Å². The fourth-order valence-corrected chi connectivity index (χ4v) is 2.56. The van der Waals surface area contributed by atoms with Gasteiger partial charge in [0.1, 0.15) is 5.60 Å². The fraction of sp³-hybridized carbons (Fsp3) is 0.591. The zero-order valence-electron chi connectivity index (χ0n) is 17.8. The molecule has 0 aromatic heterocycles. The number of amides is 1. The lowest BCUT2D eigenvalue weighted by molar-refractivity contribution is -0.121. The average molecular weight is 431 g/mol. The predicted octanol–water partition coefficient (Wildman–Crippen LogP) is 4.90. The number of unbranched alkanes of at least 4 members (excludes halogenated alkanes) is 1. The lowest BCUT2D eigenvalue weighted by Crippen LogP contribution is -2.36. The molecule has 1 aromatic rings. The summed E-state index contributed by atoms with van der Waals surface area (Å²) in [6.45, 7) is 7.32. The normalized spacial score (nSPS) is 11.8. The molecule has 0 saturated heterocycles. The number of rotatable bonds is 12. The van der Waals surface area contributed by atoms with Crippen LogP contribution in [0.3, 0.4) is 0 Å². The van der Waals surface area contributed by atoms with Gasteiger partial charge in [0.15, 0.2) is 17.4 Å². The van der Waals surface area contributed by atoms with E-state index in [9.17, 15) is 22.4 Å². The van der Waals surface area contributed by atoms with Gasteiger partial charge in [-0.3, -0.25) is 4.79 Å². The highest BCUT2D eigenvalue weighted by Crippen LogP contribution is 2.31. The Labute approximate surface area is 175 Å². The van der Waals surface area contributed by atoms with Crippen LogP contribution in [0.5, 0.6) is 5.75 Å². The number of terminal acetylenes is 1. The minimum Gasteiger partial charge on any atom is -0.481 e. The SMILES string of the molecule is C#CCCCC(=O)NCCC(C)(C)OCCC(C)(C)Oc1c(F)c(F)cc(F)c1F. The summed E-state index contributed by atoms with van der Waals surface area (Å²) in [5.74, 6) is -4.92. The summed E-state index contributed by atoms with van der Waals surface area (Å²) in [6.07, 6.45) is 7.43. The number of carbonyl (C=O) groups excluding carboxylic acids is 1. The Bertz CT molecular complexity index is 746. The van der Waals surface area contributed by atoms with Gasteiger partial charge in [0.05, 0.1) is 12.2 Å². The fourth-order valence-electron chi connectivity index (χ4n) is 2.56. The highest BCUT2D eigenvalue weighted by molar-refractivity contribution is 5.75. The van der Waals surface area contributed by atoms with Crippen molar-refractivity contribution in [3.05, 3.63) is 29.3 Å². The average Bonchev–Trinajstić information content (AvgIpc) is 2.63. The minimum absolute atomic E-state index is 0.0815. The maximum Gasteiger partial charge on any atom is 0.220 e. The standard InChI is InChI=1S/C22H29F4NO3/c1-6-7-8-9-17(28)27-12-10-21(2,3)29-13-11-22(4,5)30-20-18(25)15(23)14-16(24)19(20)26/h1,14H,7-13H2,2-5H3,(H,27,28). The zero-order valence-corrected chi connectivity index (χ0v) is 17.8. The van der Waals surface area contributed by atoms with E-state index in [1.54, 1.807) is 0 Å². The molecule has 1 rings (SSSR count). The topological polar surface area (TPSA) is 47.6 Å². The van der Waals surface area contributed by atoms with Gasteiger partial charge in [0.2, 0.25) is 17.5 Å². The molecule has 30 heavy (non-hydrogen) atoms. The molecule has 1 aromatic carbocycles. The van der Waals surface area contributed by atoms with Crippen molar-refractivity contribution in [3.8, 4) is 18.1 Å². The molecule has 0 saturated carbocycles. The van der Waals surface area contributed by atoms with E-state index in [0.717, 1.165) is 0 Å². The molecule has 0 aliphatic carbocycles. The first kappa shape index (κ1) is 25.8. The van der Waals surface area contributed by atoms with Crippen LogP contribution in [0.25, 0.3) is 0 Å². The molecule has 0 atom stereocenters. The highest BCUT2D eigenvalue weighted by Gasteiger charge is 2.29. The smallest absolute Gasteiger partial charge is 0.220 e. The molecular weight excluding hydrogens is 402 g/mol. The van der Waals surface area contributed by atoms with Gasteiger partial charge in [-0.15, -0.1) is 12.3 Å². The second kappa shape index (κ2) is 11.2. The zero-order chi connectivity index (χ0) is 22.9. The van der Waals surface area contributed by atoms with Crippen molar-refractivity contribution >= 4 is 5.91 Å². The first-order valence-electron chi connectivity index (χ1n) is 9.74. The van der Waals surface area contributed by atoms with Crippen LogP contribution in [-0.2, 0) is 9.53 Å². The number of benzene rings is 1. The molecule has 1 amide bonds. The molecule has 0 aliphatic heterocycles. The van der Waals surface area contributed by atoms with Gasteiger partial charge in [-0.2, -0.15) is 8.78 Å². The Morgan fingerprint density at radius 3 is 2.23 bits per heavy atom. The van der Waals surface area contributed by atoms with E-state index in [0.29, 0.717) is 32.2 Å². The molecule has 8 heteroatoms. The first-order valence-corrected chi connectivity index (χ1v) is 9.74. The number of hydrogen-bond acceptors (Lipinski definition) is 3. The van der Waals surface area contributed by atoms with Crippen LogP contribution < -0.4 is 10.1 Å². The van der Waals surface area contributed by atoms with E-state index in [1.165, 1.54) is 13.8 Å². The van der Waals surface area contributed by atoms with Crippen molar-refractivity contribution in [2.45, 2.75) is 71.0 Å². The highest BCUT2D eigenvalue weighted by atomic mass is 19.2. The number of carbonyl (C=O) groups is 1. The van der Waals surface area contributed by atoms with E-state index in [1.807, 2.05) is 13.8 Å². The predicted molar refractivity (Wildman–Crippen MR) is 106 cm³/mol. The van der Waals surface area contributed by atoms with Crippen molar-refractivity contribution in [3.63, 3.8) is 0 Å². The Kier molecular flexibility index (Phi) is 9.63. The molecule has 0 unspecified atom stereocenters. The van der Waals surface area contributed by atoms with Crippen molar-refractivity contribution in [2.24, 2.45) is 0 Å². The van der Waals surface area contributed by atoms with Crippen LogP contribution in [0.4, 0.5) is 17.6 Å². The number of nitrogens with one attached hydrogen (secondary N) is 1. The van der Waals surface area contributed by atoms with Crippen molar-refractivity contribution < 1.29 is 31.8 Å². The molecule has 168 valence electrons. The first-order chi connectivity index (χ1) is 13.9. The summed E-state index contributed by atoms with van der Waals surface area (Å²) in [4.78, 5) is 11.7. The van der Waals surface area contributed by atoms with Crippen molar-refractivity contribution in [1.82, 2.24) is 5.32 Å². The summed E-state index contributed by atoms with van der Waals surface area (Å²) in [7, 11) is 0. The summed E-state index contributed by atoms with van der Waals surface area (Å²) in [5.41, 5.74) is -1.73. The van der Waals surface area contributed by atoms with Gasteiger partial charge in [0.25, 0.3) is 0 Å². The Morgan fingerprint density at radius 2 is 1.67 bits per heavy atom. The third-order valence-electron chi connectivity index (χ3n) is 4.42. The molecule has 0 radical (unpaired) electrons. The second-order valence-electron chi connectivity index (χ2n) is 8.17. The van der Waals surface area contributed by atoms with Gasteiger partial charge < -0.3 is 14.8 Å². The molecular formula is C22H29F4NO3. The molecule has 1 N–H and O–H groups in total. The van der Waals surface area contributed by atoms with E-state index >= 15 is 0 Å². The largest absolute Gasteiger partial charge is 0.481 e. The number of hydrogen-bond donors (Lipinski definition) is 1. The molecule has 4 nitrogen and oxygen atoms in total. The summed E-state index contributed by atoms with van der Waals surface area (Å²) in [5, 5.41) is 2.79. The molecule has 0 spiro atoms. The lowest BCUT2D eigenvalue weighted by Gasteiger charge is -2.30. The van der Waals surface area contributed by atoms with Gasteiger partial charge in [-0.05, 0) is 40.5 Å². The van der Waals surface area contributed by atoms with Crippen molar-refractivity contribution in [1.29, 1.82) is 0 Å². The third kappa shape index (κ3) is 8.62. The van der Waals surface area contributed by atoms with E-state index in [-0.39, 0.29) is 25.0 Å². The molecule has 0 aliphatic rings. The summed E-state index contributed by atoms with van der Waals surface area (Å²) >= 11 is 0. The maximum atomic E-state index is 13.8. The summed E-state index contributed by atoms with van der Waals surface area (Å²) < 4.78 is 65.3. The molecule has 0 fully saturated rings. The van der Waals surface area contributed by atoms with Gasteiger partial charge in [-0.25, -0.2) is 8.78 Å². The van der Waals surface area contributed by atoms with Crippen LogP contribution in [0.1, 0.15) is 59.8 Å². The number of ether oxygens (including phenoxy) is 2. The monoisotopic (exact) mass is 431 g/mol. The van der Waals surface area contributed by atoms with Crippen LogP contribution in [0.15, 0.2) is 6.07 Å². The van der Waals surface area contributed by atoms with E-state index < -0.39 is 40.2 Å². The third-order valence-corrected chi connectivity index (χ3v) is 4.42. The molecule has 0 heterocycles. The lowest BCUT2D eigenvalue weighted by atomic mass is 10.0. The Morgan fingerprint density at radius 1 is 1.07 bits per heavy atom. The van der Waals surface area contributed by atoms with Crippen LogP contribution >= 0.6 is 0 Å². The summed E-state index contributed by atoms with van der Waals surface area (Å²) in [6, 6.07) is 0.129. The maximum absolute atomic E-state index is 13.8. The molecule has 0 bridgehead atoms. The minimum atomic E-state index is -1.58. The van der Waals surface area contributed by atoms with E-state index in [2.05, 4.69) is 11.2 Å². The van der Waals surface area contributed by atoms with Gasteiger partial charge in [0, 0.05) is 31.9 Å².